The van der Waals surface area contributed by atoms with Gasteiger partial charge in [-0.2, -0.15) is 10.2 Å². The number of fused-ring (bicyclic) bond motifs is 1. The third-order valence-electron chi connectivity index (χ3n) is 7.27. The number of nitrogens with two attached hydrogens (primary N) is 1. The molecule has 41 heavy (non-hydrogen) atoms. The van der Waals surface area contributed by atoms with Gasteiger partial charge in [0, 0.05) is 0 Å². The Kier molecular flexibility index (Phi) is 9.68. The Labute approximate surface area is 238 Å². The van der Waals surface area contributed by atoms with Gasteiger partial charge in [-0.25, -0.2) is 14.1 Å². The largest absolute Gasteiger partial charge is 0.464 e. The Morgan fingerprint density at radius 1 is 1.22 bits per heavy atom. The number of hydrogen-bond donors (Lipinski definition) is 4. The van der Waals surface area contributed by atoms with E-state index >= 15 is 0 Å². The maximum atomic E-state index is 14.0. The number of benzene rings is 1. The average molecular weight is 592 g/mol. The smallest absolute Gasteiger partial charge is 0.459 e. The Hall–Kier alpha value is -3.06. The second kappa shape index (κ2) is 12.8. The highest BCUT2D eigenvalue weighted by Gasteiger charge is 2.54. The molecule has 1 aromatic carbocycles. The summed E-state index contributed by atoms with van der Waals surface area (Å²) in [6.07, 6.45) is -0.846. The fourth-order valence-electron chi connectivity index (χ4n) is 4.56. The van der Waals surface area contributed by atoms with Gasteiger partial charge in [-0.1, -0.05) is 44.9 Å². The Balaban J connectivity index is 1.51. The number of aliphatic hydroxyl groups is 2. The van der Waals surface area contributed by atoms with Gasteiger partial charge in [0.1, 0.15) is 47.5 Å². The van der Waals surface area contributed by atoms with Crippen molar-refractivity contribution >= 4 is 25.1 Å². The maximum absolute atomic E-state index is 14.0. The molecule has 3 aromatic rings. The van der Waals surface area contributed by atoms with E-state index in [1.807, 2.05) is 13.8 Å². The Morgan fingerprint density at radius 2 is 1.93 bits per heavy atom. The molecule has 0 spiro atoms. The number of nitrogens with zero attached hydrogens (tertiary/aromatic N) is 3. The fourth-order valence-corrected chi connectivity index (χ4v) is 6.15. The summed E-state index contributed by atoms with van der Waals surface area (Å²) in [5.74, 6) is 0.0742. The summed E-state index contributed by atoms with van der Waals surface area (Å²) in [5.41, 5.74) is 5.33. The number of esters is 1. The molecule has 13 nitrogen and oxygen atoms in total. The standard InChI is InChI=1S/C27H38N5O8P/c1-5-18(6-2)14-37-26(35)17(3)31-41(36,40-19-10-8-7-9-11-19)38-15-27(4)24(34)22(33)23(39-27)20-12-13-21-25(28)29-16-30-32(20)21/h7-13,16-18,22-24,33-34H,5-6,14-15H2,1-4H3,(H,31,36)(H2,28,29,30)/t17-,22+,23+,24+,27-,41?/m1/s1. The number of anilines is 1. The van der Waals surface area contributed by atoms with Gasteiger partial charge < -0.3 is 29.9 Å². The molecular weight excluding hydrogens is 553 g/mol. The molecule has 5 N–H and O–H groups in total. The molecule has 1 aliphatic rings. The first kappa shape index (κ1) is 30.9. The number of carbonyl (C=O) groups excluding carboxylic acids is 1. The van der Waals surface area contributed by atoms with Crippen LogP contribution in [0.4, 0.5) is 5.82 Å². The Bertz CT molecular complexity index is 1370. The van der Waals surface area contributed by atoms with Crippen LogP contribution in [0.15, 0.2) is 48.8 Å². The first-order valence-corrected chi connectivity index (χ1v) is 15.1. The van der Waals surface area contributed by atoms with Crippen molar-refractivity contribution in [1.82, 2.24) is 19.7 Å². The van der Waals surface area contributed by atoms with E-state index in [-0.39, 0.29) is 24.1 Å². The molecule has 1 unspecified atom stereocenters. The topological polar surface area (TPSA) is 180 Å². The summed E-state index contributed by atoms with van der Waals surface area (Å²) < 4.78 is 38.4. The molecule has 0 radical (unpaired) electrons. The number of aliphatic hydroxyl groups excluding tert-OH is 2. The van der Waals surface area contributed by atoms with Gasteiger partial charge in [0.05, 0.1) is 18.9 Å². The number of para-hydroxylation sites is 1. The molecule has 1 saturated heterocycles. The number of hydrogen-bond acceptors (Lipinski definition) is 11. The zero-order chi connectivity index (χ0) is 29.8. The number of nitrogens with one attached hydrogen (secondary N) is 1. The minimum absolute atomic E-state index is 0.218. The van der Waals surface area contributed by atoms with E-state index in [4.69, 9.17) is 24.3 Å². The van der Waals surface area contributed by atoms with Crippen molar-refractivity contribution in [3.8, 4) is 5.75 Å². The molecule has 14 heteroatoms. The fraction of sp³-hybridized carbons (Fsp3) is 0.519. The average Bonchev–Trinajstić information content (AvgIpc) is 3.49. The van der Waals surface area contributed by atoms with Gasteiger partial charge >= 0.3 is 13.7 Å². The van der Waals surface area contributed by atoms with Crippen LogP contribution in [0, 0.1) is 5.92 Å². The van der Waals surface area contributed by atoms with Crippen molar-refractivity contribution in [3.05, 3.63) is 54.5 Å². The monoisotopic (exact) mass is 591 g/mol. The number of aromatic nitrogens is 3. The summed E-state index contributed by atoms with van der Waals surface area (Å²) >= 11 is 0. The van der Waals surface area contributed by atoms with Gasteiger partial charge in [0.25, 0.3) is 0 Å². The van der Waals surface area contributed by atoms with Crippen LogP contribution in [0.25, 0.3) is 5.52 Å². The van der Waals surface area contributed by atoms with Crippen molar-refractivity contribution in [2.45, 2.75) is 70.5 Å². The number of carbonyl (C=O) groups is 1. The lowest BCUT2D eigenvalue weighted by Gasteiger charge is -2.30. The third kappa shape index (κ3) is 6.88. The molecule has 2 aromatic heterocycles. The van der Waals surface area contributed by atoms with E-state index in [9.17, 15) is 19.6 Å². The van der Waals surface area contributed by atoms with Crippen LogP contribution in [0.1, 0.15) is 52.3 Å². The molecule has 4 rings (SSSR count). The maximum Gasteiger partial charge on any atom is 0.459 e. The highest BCUT2D eigenvalue weighted by atomic mass is 31.2. The van der Waals surface area contributed by atoms with Crippen LogP contribution in [0.3, 0.4) is 0 Å². The predicted octanol–water partition coefficient (Wildman–Crippen LogP) is 3.02. The van der Waals surface area contributed by atoms with E-state index in [1.54, 1.807) is 42.5 Å². The van der Waals surface area contributed by atoms with Gasteiger partial charge in [-0.05, 0) is 44.0 Å². The van der Waals surface area contributed by atoms with Crippen LogP contribution < -0.4 is 15.3 Å². The van der Waals surface area contributed by atoms with Crippen LogP contribution >= 0.6 is 7.75 Å². The Morgan fingerprint density at radius 3 is 2.61 bits per heavy atom. The molecule has 0 bridgehead atoms. The first-order chi connectivity index (χ1) is 19.5. The lowest BCUT2D eigenvalue weighted by Crippen LogP contribution is -2.45. The lowest BCUT2D eigenvalue weighted by atomic mass is 9.97. The van der Waals surface area contributed by atoms with Gasteiger partial charge in [-0.3, -0.25) is 9.32 Å². The number of nitrogen functional groups attached to an aromatic ring is 1. The van der Waals surface area contributed by atoms with E-state index in [0.29, 0.717) is 11.2 Å². The van der Waals surface area contributed by atoms with Crippen molar-refractivity contribution in [3.63, 3.8) is 0 Å². The summed E-state index contributed by atoms with van der Waals surface area (Å²) in [6, 6.07) is 10.6. The lowest BCUT2D eigenvalue weighted by molar-refractivity contribution is -0.146. The predicted molar refractivity (Wildman–Crippen MR) is 150 cm³/mol. The summed E-state index contributed by atoms with van der Waals surface area (Å²) in [6.45, 7) is 6.82. The molecule has 224 valence electrons. The van der Waals surface area contributed by atoms with Gasteiger partial charge in [0.15, 0.2) is 5.82 Å². The summed E-state index contributed by atoms with van der Waals surface area (Å²) in [7, 11) is -4.25. The second-order valence-electron chi connectivity index (χ2n) is 10.3. The SMILES string of the molecule is CCC(CC)COC(=O)[C@@H](C)NP(=O)(OC[C@@]1(C)O[C@@H](c2ccc3c(N)ncnn23)[C@H](O)[C@@H]1O)Oc1ccccc1. The molecule has 0 saturated carbocycles. The normalized spacial score (nSPS) is 24.8. The van der Waals surface area contributed by atoms with Crippen LogP contribution in [-0.2, 0) is 23.4 Å². The van der Waals surface area contributed by atoms with Crippen molar-refractivity contribution in [2.75, 3.05) is 18.9 Å². The van der Waals surface area contributed by atoms with E-state index < -0.39 is 50.3 Å². The minimum atomic E-state index is -4.25. The minimum Gasteiger partial charge on any atom is -0.464 e. The number of rotatable bonds is 13. The zero-order valence-corrected chi connectivity index (χ0v) is 24.4. The van der Waals surface area contributed by atoms with Crippen molar-refractivity contribution in [2.24, 2.45) is 5.92 Å². The molecule has 6 atom stereocenters. The van der Waals surface area contributed by atoms with Crippen LogP contribution in [-0.4, -0.2) is 67.8 Å². The molecule has 3 heterocycles. The summed E-state index contributed by atoms with van der Waals surface area (Å²) in [5, 5.41) is 28.7. The zero-order valence-electron chi connectivity index (χ0n) is 23.5. The third-order valence-corrected chi connectivity index (χ3v) is 8.89. The molecule has 1 aliphatic heterocycles. The van der Waals surface area contributed by atoms with Crippen LogP contribution in [0.2, 0.25) is 0 Å². The molecule has 0 aliphatic carbocycles. The van der Waals surface area contributed by atoms with Crippen molar-refractivity contribution in [1.29, 1.82) is 0 Å². The second-order valence-corrected chi connectivity index (χ2v) is 12.0. The molecular formula is C27H38N5O8P. The summed E-state index contributed by atoms with van der Waals surface area (Å²) in [4.78, 5) is 16.7. The highest BCUT2D eigenvalue weighted by molar-refractivity contribution is 7.52. The first-order valence-electron chi connectivity index (χ1n) is 13.6. The molecule has 1 fully saturated rings. The van der Waals surface area contributed by atoms with E-state index in [2.05, 4.69) is 15.2 Å². The van der Waals surface area contributed by atoms with Crippen molar-refractivity contribution < 1.29 is 38.1 Å². The molecule has 0 amide bonds. The van der Waals surface area contributed by atoms with Gasteiger partial charge in [-0.15, -0.1) is 0 Å². The van der Waals surface area contributed by atoms with E-state index in [1.165, 1.54) is 24.7 Å². The van der Waals surface area contributed by atoms with Gasteiger partial charge in [0.2, 0.25) is 0 Å². The quantitative estimate of drug-likeness (QED) is 0.169. The van der Waals surface area contributed by atoms with Crippen LogP contribution in [0.5, 0.6) is 5.75 Å². The van der Waals surface area contributed by atoms with E-state index in [0.717, 1.165) is 12.8 Å². The highest BCUT2D eigenvalue weighted by Crippen LogP contribution is 2.48. The number of ether oxygens (including phenoxy) is 2.